The number of thiophene rings is 1. The van der Waals surface area contributed by atoms with Crippen LogP contribution in [0.25, 0.3) is 5.76 Å². The number of hydrogen-bond acceptors (Lipinski definition) is 7. The first kappa shape index (κ1) is 24.9. The number of hydrogen-bond donors (Lipinski definition) is 1. The number of rotatable bonds is 6. The van der Waals surface area contributed by atoms with Crippen molar-refractivity contribution in [3.8, 4) is 17.2 Å². The van der Waals surface area contributed by atoms with Crippen molar-refractivity contribution < 1.29 is 28.9 Å². The van der Waals surface area contributed by atoms with Gasteiger partial charge in [-0.1, -0.05) is 23.2 Å². The number of aliphatic hydroxyl groups is 1. The number of carbonyl (C=O) groups is 2. The fourth-order valence-corrected chi connectivity index (χ4v) is 5.67. The molecule has 1 fully saturated rings. The zero-order valence-electron chi connectivity index (χ0n) is 19.2. The molecule has 2 heterocycles. The third kappa shape index (κ3) is 4.22. The highest BCUT2D eigenvalue weighted by Crippen LogP contribution is 2.47. The molecule has 3 aromatic rings. The van der Waals surface area contributed by atoms with Crippen LogP contribution in [0.5, 0.6) is 17.2 Å². The molecule has 7 nitrogen and oxygen atoms in total. The van der Waals surface area contributed by atoms with Crippen molar-refractivity contribution in [1.29, 1.82) is 0 Å². The number of nitrogens with zero attached hydrogens (tertiary/aromatic N) is 1. The largest absolute Gasteiger partial charge is 0.507 e. The number of aliphatic hydroxyl groups excluding tert-OH is 1. The van der Waals surface area contributed by atoms with Gasteiger partial charge in [0.1, 0.15) is 17.6 Å². The average Bonchev–Trinajstić information content (AvgIpc) is 3.37. The van der Waals surface area contributed by atoms with Crippen LogP contribution in [0.3, 0.4) is 0 Å². The van der Waals surface area contributed by atoms with Gasteiger partial charge in [0.05, 0.1) is 37.5 Å². The Morgan fingerprint density at radius 1 is 1.00 bits per heavy atom. The van der Waals surface area contributed by atoms with Gasteiger partial charge in [-0.3, -0.25) is 14.5 Å². The first-order chi connectivity index (χ1) is 16.7. The van der Waals surface area contributed by atoms with Gasteiger partial charge in [-0.2, -0.15) is 0 Å². The number of carbonyl (C=O) groups excluding carboxylic acids is 2. The maximum Gasteiger partial charge on any atom is 0.300 e. The molecule has 182 valence electrons. The normalized spacial score (nSPS) is 17.1. The first-order valence-electron chi connectivity index (χ1n) is 10.3. The van der Waals surface area contributed by atoms with E-state index in [0.29, 0.717) is 22.1 Å². The van der Waals surface area contributed by atoms with Crippen LogP contribution in [0.2, 0.25) is 10.0 Å². The van der Waals surface area contributed by atoms with Gasteiger partial charge in [0, 0.05) is 21.7 Å². The van der Waals surface area contributed by atoms with Crippen molar-refractivity contribution in [3.05, 3.63) is 73.4 Å². The molecule has 0 saturated carbocycles. The Labute approximate surface area is 216 Å². The van der Waals surface area contributed by atoms with Crippen molar-refractivity contribution in [2.45, 2.75) is 13.0 Å². The number of ether oxygens (including phenoxy) is 3. The van der Waals surface area contributed by atoms with Crippen LogP contribution in [0.4, 0.5) is 5.69 Å². The second-order valence-corrected chi connectivity index (χ2v) is 9.44. The molecule has 1 unspecified atom stereocenters. The van der Waals surface area contributed by atoms with Gasteiger partial charge in [0.25, 0.3) is 11.7 Å². The number of halogens is 2. The highest BCUT2D eigenvalue weighted by Gasteiger charge is 2.48. The fourth-order valence-electron chi connectivity index (χ4n) is 4.07. The van der Waals surface area contributed by atoms with E-state index in [1.54, 1.807) is 18.2 Å². The van der Waals surface area contributed by atoms with E-state index in [-0.39, 0.29) is 26.9 Å². The average molecular weight is 534 g/mol. The standard InChI is InChI=1S/C25H21Cl2NO6S/c1-12-7-8-35-24(12)20-19(21(29)15-9-13(26)10-16(27)23(15)34-4)22(30)25(31)28(20)14-5-6-17(32-2)18(11-14)33-3/h5-11,20,29H,1-4H3/b21-19+. The quantitative estimate of drug-likeness (QED) is 0.237. The molecule has 1 aromatic heterocycles. The third-order valence-corrected chi connectivity index (χ3v) is 7.28. The molecule has 10 heteroatoms. The minimum atomic E-state index is -0.907. The smallest absolute Gasteiger partial charge is 0.300 e. The summed E-state index contributed by atoms with van der Waals surface area (Å²) in [5.74, 6) is -1.11. The summed E-state index contributed by atoms with van der Waals surface area (Å²) < 4.78 is 16.1. The summed E-state index contributed by atoms with van der Waals surface area (Å²) in [6.45, 7) is 1.87. The molecule has 2 aromatic carbocycles. The molecule has 0 radical (unpaired) electrons. The van der Waals surface area contributed by atoms with E-state index in [4.69, 9.17) is 37.4 Å². The number of methoxy groups -OCH3 is 3. The lowest BCUT2D eigenvalue weighted by Crippen LogP contribution is -2.29. The van der Waals surface area contributed by atoms with Crippen LogP contribution in [-0.2, 0) is 9.59 Å². The van der Waals surface area contributed by atoms with Crippen molar-refractivity contribution in [2.24, 2.45) is 0 Å². The monoisotopic (exact) mass is 533 g/mol. The molecule has 1 aliphatic heterocycles. The molecule has 4 rings (SSSR count). The molecular formula is C25H21Cl2NO6S. The minimum Gasteiger partial charge on any atom is -0.507 e. The zero-order valence-corrected chi connectivity index (χ0v) is 21.5. The summed E-state index contributed by atoms with van der Waals surface area (Å²) in [5.41, 5.74) is 1.26. The Balaban J connectivity index is 2.00. The maximum atomic E-state index is 13.4. The predicted molar refractivity (Wildman–Crippen MR) is 136 cm³/mol. The van der Waals surface area contributed by atoms with E-state index in [0.717, 1.165) is 5.56 Å². The van der Waals surface area contributed by atoms with Gasteiger partial charge >= 0.3 is 0 Å². The zero-order chi connectivity index (χ0) is 25.4. The summed E-state index contributed by atoms with van der Waals surface area (Å²) in [7, 11) is 4.36. The molecule has 1 saturated heterocycles. The van der Waals surface area contributed by atoms with Crippen LogP contribution in [0.1, 0.15) is 22.0 Å². The van der Waals surface area contributed by atoms with Gasteiger partial charge in [0.2, 0.25) is 0 Å². The summed E-state index contributed by atoms with van der Waals surface area (Å²) in [4.78, 5) is 28.8. The Kier molecular flexibility index (Phi) is 6.98. The number of Topliss-reactive ketones (excluding diaryl/α,β-unsaturated/α-hetero) is 1. The number of anilines is 1. The summed E-state index contributed by atoms with van der Waals surface area (Å²) in [6.07, 6.45) is 0. The summed E-state index contributed by atoms with van der Waals surface area (Å²) in [5, 5.41) is 13.7. The molecule has 1 aliphatic rings. The van der Waals surface area contributed by atoms with Gasteiger partial charge < -0.3 is 19.3 Å². The molecular weight excluding hydrogens is 513 g/mol. The van der Waals surface area contributed by atoms with Gasteiger partial charge in [-0.05, 0) is 48.2 Å². The Morgan fingerprint density at radius 2 is 1.71 bits per heavy atom. The highest BCUT2D eigenvalue weighted by molar-refractivity contribution is 7.10. The van der Waals surface area contributed by atoms with Gasteiger partial charge in [-0.15, -0.1) is 11.3 Å². The summed E-state index contributed by atoms with van der Waals surface area (Å²) >= 11 is 13.8. The second-order valence-electron chi connectivity index (χ2n) is 7.64. The predicted octanol–water partition coefficient (Wildman–Crippen LogP) is 6.02. The van der Waals surface area contributed by atoms with Crippen molar-refractivity contribution in [3.63, 3.8) is 0 Å². The van der Waals surface area contributed by atoms with Crippen molar-refractivity contribution >= 4 is 57.7 Å². The van der Waals surface area contributed by atoms with Crippen molar-refractivity contribution in [2.75, 3.05) is 26.2 Å². The molecule has 0 spiro atoms. The first-order valence-corrected chi connectivity index (χ1v) is 12.0. The molecule has 35 heavy (non-hydrogen) atoms. The van der Waals surface area contributed by atoms with E-state index in [1.165, 1.54) is 49.7 Å². The minimum absolute atomic E-state index is 0.105. The van der Waals surface area contributed by atoms with E-state index >= 15 is 0 Å². The lowest BCUT2D eigenvalue weighted by molar-refractivity contribution is -0.132. The molecule has 0 aliphatic carbocycles. The number of amides is 1. The SMILES string of the molecule is COc1ccc(N2C(=O)C(=O)/C(=C(/O)c3cc(Cl)cc(Cl)c3OC)C2c2sccc2C)cc1OC. The van der Waals surface area contributed by atoms with E-state index < -0.39 is 23.5 Å². The van der Waals surface area contributed by atoms with E-state index in [1.807, 2.05) is 18.4 Å². The van der Waals surface area contributed by atoms with E-state index in [9.17, 15) is 14.7 Å². The number of benzene rings is 2. The number of aryl methyl sites for hydroxylation is 1. The summed E-state index contributed by atoms with van der Waals surface area (Å²) in [6, 6.07) is 8.77. The lowest BCUT2D eigenvalue weighted by Gasteiger charge is -2.26. The van der Waals surface area contributed by atoms with Crippen LogP contribution < -0.4 is 19.1 Å². The van der Waals surface area contributed by atoms with Crippen LogP contribution >= 0.6 is 34.5 Å². The van der Waals surface area contributed by atoms with E-state index in [2.05, 4.69) is 0 Å². The topological polar surface area (TPSA) is 85.3 Å². The van der Waals surface area contributed by atoms with Crippen LogP contribution in [0, 0.1) is 6.92 Å². The molecule has 1 amide bonds. The Bertz CT molecular complexity index is 1370. The van der Waals surface area contributed by atoms with Crippen LogP contribution in [-0.4, -0.2) is 38.1 Å². The van der Waals surface area contributed by atoms with Gasteiger partial charge in [0.15, 0.2) is 11.5 Å². The third-order valence-electron chi connectivity index (χ3n) is 5.71. The lowest BCUT2D eigenvalue weighted by atomic mass is 9.97. The maximum absolute atomic E-state index is 13.4. The molecule has 1 N–H and O–H groups in total. The Morgan fingerprint density at radius 3 is 2.31 bits per heavy atom. The molecule has 0 bridgehead atoms. The van der Waals surface area contributed by atoms with Crippen LogP contribution in [0.15, 0.2) is 47.4 Å². The fraction of sp³-hybridized carbons (Fsp3) is 0.200. The van der Waals surface area contributed by atoms with Gasteiger partial charge in [-0.25, -0.2) is 0 Å². The second kappa shape index (κ2) is 9.81. The van der Waals surface area contributed by atoms with Crippen molar-refractivity contribution in [1.82, 2.24) is 0 Å². The molecule has 1 atom stereocenters. The number of ketones is 1. The Hall–Kier alpha value is -3.20. The highest BCUT2D eigenvalue weighted by atomic mass is 35.5.